The number of methoxy groups -OCH3 is 2. The summed E-state index contributed by atoms with van der Waals surface area (Å²) in [5.41, 5.74) is 4.69. The van der Waals surface area contributed by atoms with E-state index in [1.54, 1.807) is 20.4 Å². The van der Waals surface area contributed by atoms with E-state index in [0.717, 1.165) is 16.9 Å². The van der Waals surface area contributed by atoms with Crippen molar-refractivity contribution in [3.05, 3.63) is 64.6 Å². The Morgan fingerprint density at radius 2 is 1.81 bits per heavy atom. The van der Waals surface area contributed by atoms with Crippen molar-refractivity contribution >= 4 is 22.6 Å². The van der Waals surface area contributed by atoms with Crippen LogP contribution in [0.4, 0.5) is 5.69 Å². The third kappa shape index (κ3) is 4.95. The number of nitrogens with one attached hydrogen (secondary N) is 1. The normalized spacial score (nSPS) is 14.6. The number of ether oxygens (including phenoxy) is 2. The van der Waals surface area contributed by atoms with Gasteiger partial charge in [0.05, 0.1) is 19.9 Å². The highest BCUT2D eigenvalue weighted by molar-refractivity contribution is 7.11. The van der Waals surface area contributed by atoms with Gasteiger partial charge in [0, 0.05) is 28.9 Å². The van der Waals surface area contributed by atoms with Crippen LogP contribution >= 0.6 is 11.3 Å². The summed E-state index contributed by atoms with van der Waals surface area (Å²) in [7, 11) is 3.19. The van der Waals surface area contributed by atoms with Crippen molar-refractivity contribution < 1.29 is 9.47 Å². The predicted molar refractivity (Wildman–Crippen MR) is 130 cm³/mol. The predicted octanol–water partition coefficient (Wildman–Crippen LogP) is 6.85. The first-order valence-electron chi connectivity index (χ1n) is 10.9. The number of nitrogens with zero attached hydrogens (tertiary/aromatic N) is 2. The molecule has 1 fully saturated rings. The lowest BCUT2D eigenvalue weighted by atomic mass is 9.84. The maximum Gasteiger partial charge on any atom is 0.162 e. The van der Waals surface area contributed by atoms with E-state index in [2.05, 4.69) is 35.7 Å². The molecule has 3 aromatic rings. The van der Waals surface area contributed by atoms with E-state index in [-0.39, 0.29) is 0 Å². The molecule has 1 heterocycles. The van der Waals surface area contributed by atoms with Crippen molar-refractivity contribution in [2.75, 3.05) is 19.5 Å². The fraction of sp³-hybridized carbons (Fsp3) is 0.308. The van der Waals surface area contributed by atoms with Crippen molar-refractivity contribution in [1.82, 2.24) is 4.98 Å². The number of benzene rings is 2. The number of allylic oxidation sites excluding steroid dienone is 1. The zero-order chi connectivity index (χ0) is 22.3. The summed E-state index contributed by atoms with van der Waals surface area (Å²) in [4.78, 5) is 4.71. The van der Waals surface area contributed by atoms with Gasteiger partial charge in [0.2, 0.25) is 0 Å². The zero-order valence-electron chi connectivity index (χ0n) is 18.4. The minimum absolute atomic E-state index is 0.481. The van der Waals surface area contributed by atoms with Crippen molar-refractivity contribution in [2.45, 2.75) is 38.0 Å². The van der Waals surface area contributed by atoms with Gasteiger partial charge in [-0.25, -0.2) is 4.98 Å². The van der Waals surface area contributed by atoms with E-state index in [4.69, 9.17) is 14.5 Å². The Hall–Kier alpha value is -3.30. The van der Waals surface area contributed by atoms with Crippen LogP contribution in [-0.4, -0.2) is 19.2 Å². The molecule has 5 nitrogen and oxygen atoms in total. The average molecular weight is 446 g/mol. The van der Waals surface area contributed by atoms with E-state index < -0.39 is 0 Å². The smallest absolute Gasteiger partial charge is 0.162 e. The summed E-state index contributed by atoms with van der Waals surface area (Å²) in [6.45, 7) is 0. The summed E-state index contributed by atoms with van der Waals surface area (Å²) in [5.74, 6) is 1.97. The topological polar surface area (TPSA) is 67.2 Å². The molecule has 0 unspecified atom stereocenters. The Labute approximate surface area is 193 Å². The lowest BCUT2D eigenvalue weighted by Crippen LogP contribution is -2.04. The second kappa shape index (κ2) is 10.3. The van der Waals surface area contributed by atoms with Gasteiger partial charge < -0.3 is 14.8 Å². The lowest BCUT2D eigenvalue weighted by molar-refractivity contribution is 0.355. The number of hydrogen-bond acceptors (Lipinski definition) is 6. The van der Waals surface area contributed by atoms with Crippen LogP contribution in [0.3, 0.4) is 0 Å². The van der Waals surface area contributed by atoms with Crippen LogP contribution in [0.25, 0.3) is 16.8 Å². The van der Waals surface area contributed by atoms with Gasteiger partial charge in [0.1, 0.15) is 16.6 Å². The first kappa shape index (κ1) is 21.9. The molecule has 1 aliphatic rings. The van der Waals surface area contributed by atoms with E-state index >= 15 is 0 Å². The molecule has 164 valence electrons. The highest BCUT2D eigenvalue weighted by Gasteiger charge is 2.16. The average Bonchev–Trinajstić information content (AvgIpc) is 3.35. The molecule has 0 bridgehead atoms. The van der Waals surface area contributed by atoms with Crippen molar-refractivity contribution in [2.24, 2.45) is 0 Å². The fourth-order valence-electron chi connectivity index (χ4n) is 4.12. The van der Waals surface area contributed by atoms with Crippen LogP contribution in [0.15, 0.2) is 54.0 Å². The highest BCUT2D eigenvalue weighted by Crippen LogP contribution is 2.34. The Kier molecular flexibility index (Phi) is 7.08. The van der Waals surface area contributed by atoms with Gasteiger partial charge in [-0.1, -0.05) is 43.5 Å². The van der Waals surface area contributed by atoms with Crippen molar-refractivity contribution in [1.29, 1.82) is 5.26 Å². The maximum atomic E-state index is 9.66. The largest absolute Gasteiger partial charge is 0.493 e. The Morgan fingerprint density at radius 1 is 1.06 bits per heavy atom. The number of thiazole rings is 1. The molecule has 2 aromatic carbocycles. The van der Waals surface area contributed by atoms with E-state index in [9.17, 15) is 5.26 Å². The van der Waals surface area contributed by atoms with Crippen LogP contribution in [0.1, 0.15) is 48.6 Å². The molecule has 4 rings (SSSR count). The van der Waals surface area contributed by atoms with Gasteiger partial charge in [-0.15, -0.1) is 11.3 Å². The van der Waals surface area contributed by atoms with Crippen LogP contribution in [0, 0.1) is 11.3 Å². The molecule has 32 heavy (non-hydrogen) atoms. The SMILES string of the molecule is COc1ccc(N/C=C(\C#N)c2nc(-c3ccc(C4CCCCC4)cc3)cs2)cc1OC. The third-order valence-corrected chi connectivity index (χ3v) is 6.78. The summed E-state index contributed by atoms with van der Waals surface area (Å²) in [6, 6.07) is 16.5. The summed E-state index contributed by atoms with van der Waals surface area (Å²) < 4.78 is 10.6. The molecule has 1 saturated carbocycles. The van der Waals surface area contributed by atoms with Gasteiger partial charge in [-0.2, -0.15) is 5.26 Å². The van der Waals surface area contributed by atoms with Crippen LogP contribution in [0.5, 0.6) is 11.5 Å². The second-order valence-electron chi connectivity index (χ2n) is 7.88. The first-order chi connectivity index (χ1) is 15.7. The monoisotopic (exact) mass is 445 g/mol. The van der Waals surface area contributed by atoms with E-state index in [1.807, 2.05) is 23.6 Å². The molecule has 1 aliphatic carbocycles. The quantitative estimate of drug-likeness (QED) is 0.403. The summed E-state index contributed by atoms with van der Waals surface area (Å²) in [6.07, 6.45) is 8.31. The van der Waals surface area contributed by atoms with Gasteiger partial charge in [-0.3, -0.25) is 0 Å². The number of aromatic nitrogens is 1. The number of rotatable bonds is 7. The number of nitriles is 1. The number of hydrogen-bond donors (Lipinski definition) is 1. The summed E-state index contributed by atoms with van der Waals surface area (Å²) in [5, 5.41) is 15.5. The molecule has 1 aromatic heterocycles. The van der Waals surface area contributed by atoms with E-state index in [0.29, 0.717) is 28.0 Å². The highest BCUT2D eigenvalue weighted by atomic mass is 32.1. The second-order valence-corrected chi connectivity index (χ2v) is 8.74. The first-order valence-corrected chi connectivity index (χ1v) is 11.7. The summed E-state index contributed by atoms with van der Waals surface area (Å²) >= 11 is 1.47. The molecule has 6 heteroatoms. The standard InChI is InChI=1S/C26H27N3O2S/c1-30-24-13-12-22(14-25(24)31-2)28-16-21(15-27)26-29-23(17-32-26)20-10-8-19(9-11-20)18-6-4-3-5-7-18/h8-14,16-18,28H,3-7H2,1-2H3/b21-16+. The fourth-order valence-corrected chi connectivity index (χ4v) is 4.91. The van der Waals surface area contributed by atoms with Gasteiger partial charge >= 0.3 is 0 Å². The van der Waals surface area contributed by atoms with Crippen molar-refractivity contribution in [3.8, 4) is 28.8 Å². The molecule has 0 saturated heterocycles. The third-order valence-electron chi connectivity index (χ3n) is 5.90. The minimum Gasteiger partial charge on any atom is -0.493 e. The minimum atomic E-state index is 0.481. The Bertz CT molecular complexity index is 1120. The maximum absolute atomic E-state index is 9.66. The van der Waals surface area contributed by atoms with Gasteiger partial charge in [0.25, 0.3) is 0 Å². The molecular weight excluding hydrogens is 418 g/mol. The van der Waals surface area contributed by atoms with Gasteiger partial charge in [-0.05, 0) is 36.5 Å². The molecule has 0 spiro atoms. The van der Waals surface area contributed by atoms with Crippen LogP contribution in [-0.2, 0) is 0 Å². The molecule has 0 aliphatic heterocycles. The van der Waals surface area contributed by atoms with Crippen molar-refractivity contribution in [3.63, 3.8) is 0 Å². The molecular formula is C26H27N3O2S. The van der Waals surface area contributed by atoms with Crippen LogP contribution < -0.4 is 14.8 Å². The van der Waals surface area contributed by atoms with Crippen LogP contribution in [0.2, 0.25) is 0 Å². The Morgan fingerprint density at radius 3 is 2.50 bits per heavy atom. The lowest BCUT2D eigenvalue weighted by Gasteiger charge is -2.22. The van der Waals surface area contributed by atoms with E-state index in [1.165, 1.54) is 49.0 Å². The molecule has 0 amide bonds. The molecule has 0 atom stereocenters. The molecule has 0 radical (unpaired) electrons. The Balaban J connectivity index is 1.48. The number of anilines is 1. The zero-order valence-corrected chi connectivity index (χ0v) is 19.2. The molecule has 1 N–H and O–H groups in total. The van der Waals surface area contributed by atoms with Gasteiger partial charge in [0.15, 0.2) is 11.5 Å².